The molecular weight excluding hydrogens is 490 g/mol. The van der Waals surface area contributed by atoms with Crippen LogP contribution in [0.4, 0.5) is 14.7 Å². The van der Waals surface area contributed by atoms with Crippen molar-refractivity contribution in [3.8, 4) is 28.8 Å². The second kappa shape index (κ2) is 10.3. The van der Waals surface area contributed by atoms with E-state index in [0.717, 1.165) is 27.1 Å². The topological polar surface area (TPSA) is 107 Å². The number of alkyl halides is 2. The summed E-state index contributed by atoms with van der Waals surface area (Å²) < 4.78 is 43.6. The van der Waals surface area contributed by atoms with Crippen LogP contribution in [0, 0.1) is 6.92 Å². The van der Waals surface area contributed by atoms with Gasteiger partial charge in [-0.05, 0) is 24.9 Å². The van der Waals surface area contributed by atoms with E-state index in [-0.39, 0.29) is 23.5 Å². The van der Waals surface area contributed by atoms with Gasteiger partial charge in [-0.15, -0.1) is 0 Å². The molecule has 0 aliphatic heterocycles. The van der Waals surface area contributed by atoms with Crippen molar-refractivity contribution in [2.24, 2.45) is 0 Å². The summed E-state index contributed by atoms with van der Waals surface area (Å²) in [6.45, 7) is 1.02. The van der Waals surface area contributed by atoms with Crippen LogP contribution in [0.15, 0.2) is 35.6 Å². The van der Waals surface area contributed by atoms with E-state index in [4.69, 9.17) is 25.8 Å². The lowest BCUT2D eigenvalue weighted by Crippen LogP contribution is -2.11. The zero-order chi connectivity index (χ0) is 24.2. The van der Waals surface area contributed by atoms with Crippen molar-refractivity contribution in [2.75, 3.05) is 25.5 Å². The highest BCUT2D eigenvalue weighted by atomic mass is 35.5. The Labute approximate surface area is 202 Å². The first-order valence-electron chi connectivity index (χ1n) is 9.84. The molecule has 0 saturated heterocycles. The van der Waals surface area contributed by atoms with E-state index in [9.17, 15) is 8.78 Å². The minimum atomic E-state index is -2.67. The van der Waals surface area contributed by atoms with Gasteiger partial charge in [0.25, 0.3) is 18.2 Å². The van der Waals surface area contributed by atoms with Crippen LogP contribution in [-0.2, 0) is 0 Å². The molecule has 178 valence electrons. The first kappa shape index (κ1) is 23.8. The van der Waals surface area contributed by atoms with E-state index in [2.05, 4.69) is 29.6 Å². The maximum atomic E-state index is 12.6. The molecule has 3 heterocycles. The average Bonchev–Trinajstić information content (AvgIpc) is 3.24. The lowest BCUT2D eigenvalue weighted by Gasteiger charge is -2.14. The summed E-state index contributed by atoms with van der Waals surface area (Å²) >= 11 is 7.73. The molecule has 0 amide bonds. The van der Waals surface area contributed by atoms with Crippen LogP contribution in [0.3, 0.4) is 0 Å². The maximum absolute atomic E-state index is 12.6. The van der Waals surface area contributed by atoms with Crippen molar-refractivity contribution in [1.29, 1.82) is 0 Å². The predicted octanol–water partition coefficient (Wildman–Crippen LogP) is 5.16. The molecule has 1 aromatic carbocycles. The van der Waals surface area contributed by atoms with E-state index in [1.165, 1.54) is 26.2 Å². The van der Waals surface area contributed by atoms with Crippen LogP contribution < -0.4 is 18.9 Å². The molecule has 0 bridgehead atoms. The molecule has 0 atom stereocenters. The van der Waals surface area contributed by atoms with Crippen molar-refractivity contribution < 1.29 is 23.0 Å². The molecule has 0 fully saturated rings. The number of rotatable bonds is 9. The van der Waals surface area contributed by atoms with E-state index in [0.29, 0.717) is 10.7 Å². The Morgan fingerprint density at radius 3 is 2.47 bits per heavy atom. The van der Waals surface area contributed by atoms with Gasteiger partial charge < -0.3 is 19.2 Å². The Hall–Kier alpha value is -3.38. The van der Waals surface area contributed by atoms with E-state index < -0.39 is 13.0 Å². The molecule has 0 aliphatic carbocycles. The van der Waals surface area contributed by atoms with Gasteiger partial charge in [-0.3, -0.25) is 14.7 Å². The van der Waals surface area contributed by atoms with Crippen molar-refractivity contribution in [2.45, 2.75) is 18.2 Å². The molecule has 9 nitrogen and oxygen atoms in total. The number of aromatic nitrogens is 5. The molecule has 0 saturated carbocycles. The van der Waals surface area contributed by atoms with E-state index in [1.54, 1.807) is 18.5 Å². The van der Waals surface area contributed by atoms with Crippen molar-refractivity contribution in [3.05, 3.63) is 41.4 Å². The minimum Gasteiger partial charge on any atom is -0.478 e. The van der Waals surface area contributed by atoms with Crippen LogP contribution in [0.25, 0.3) is 22.2 Å². The molecule has 0 spiro atoms. The fourth-order valence-electron chi connectivity index (χ4n) is 3.22. The number of hydrogen-bond acceptors (Lipinski definition) is 9. The number of aryl methyl sites for hydroxylation is 1. The Bertz CT molecular complexity index is 1300. The summed E-state index contributed by atoms with van der Waals surface area (Å²) in [6, 6.07) is 3.68. The molecule has 0 radical (unpaired) electrons. The number of anilines is 1. The van der Waals surface area contributed by atoms with Crippen LogP contribution in [-0.4, -0.2) is 52.2 Å². The third-order valence-corrected chi connectivity index (χ3v) is 5.84. The smallest absolute Gasteiger partial charge is 0.272 e. The number of halogens is 3. The van der Waals surface area contributed by atoms with Crippen LogP contribution in [0.2, 0.25) is 5.02 Å². The highest BCUT2D eigenvalue weighted by molar-refractivity contribution is 8.00. The number of benzene rings is 1. The Kier molecular flexibility index (Phi) is 7.17. The first-order chi connectivity index (χ1) is 16.4. The third kappa shape index (κ3) is 4.77. The van der Waals surface area contributed by atoms with Gasteiger partial charge in [0.1, 0.15) is 6.61 Å². The number of ether oxygens (including phenoxy) is 3. The maximum Gasteiger partial charge on any atom is 0.272 e. The van der Waals surface area contributed by atoms with Crippen LogP contribution in [0.5, 0.6) is 17.5 Å². The van der Waals surface area contributed by atoms with Crippen molar-refractivity contribution >= 4 is 40.4 Å². The van der Waals surface area contributed by atoms with Crippen LogP contribution >= 0.6 is 23.5 Å². The largest absolute Gasteiger partial charge is 0.478 e. The number of fused-ring (bicyclic) bond motifs is 1. The van der Waals surface area contributed by atoms with Gasteiger partial charge in [0.05, 0.1) is 41.0 Å². The molecule has 34 heavy (non-hydrogen) atoms. The fourth-order valence-corrected chi connectivity index (χ4v) is 4.16. The monoisotopic (exact) mass is 508 g/mol. The molecule has 4 aromatic rings. The summed E-state index contributed by atoms with van der Waals surface area (Å²) in [5.74, 6) is -0.0496. The summed E-state index contributed by atoms with van der Waals surface area (Å²) in [6.07, 6.45) is 2.38. The summed E-state index contributed by atoms with van der Waals surface area (Å²) in [5.41, 5.74) is 2.98. The predicted molar refractivity (Wildman–Crippen MR) is 125 cm³/mol. The Balaban J connectivity index is 1.63. The summed E-state index contributed by atoms with van der Waals surface area (Å²) in [7, 11) is 2.68. The zero-order valence-electron chi connectivity index (χ0n) is 18.2. The molecule has 2 N–H and O–H groups in total. The summed E-state index contributed by atoms with van der Waals surface area (Å²) in [4.78, 5) is 21.2. The molecule has 4 rings (SSSR count). The number of nitrogens with zero attached hydrogens (tertiary/aromatic N) is 4. The minimum absolute atomic E-state index is 0.0401. The Morgan fingerprint density at radius 2 is 1.82 bits per heavy atom. The van der Waals surface area contributed by atoms with Gasteiger partial charge in [0.2, 0.25) is 11.7 Å². The highest BCUT2D eigenvalue weighted by Gasteiger charge is 2.21. The second-order valence-corrected chi connectivity index (χ2v) is 8.04. The zero-order valence-corrected chi connectivity index (χ0v) is 19.8. The van der Waals surface area contributed by atoms with E-state index >= 15 is 0 Å². The molecule has 0 aliphatic rings. The lowest BCUT2D eigenvalue weighted by atomic mass is 10.1. The normalized spacial score (nSPS) is 11.1. The summed E-state index contributed by atoms with van der Waals surface area (Å²) in [5, 5.41) is 1.43. The molecule has 0 unspecified atom stereocenters. The molecule has 13 heteroatoms. The highest BCUT2D eigenvalue weighted by Crippen LogP contribution is 2.40. The van der Waals surface area contributed by atoms with Gasteiger partial charge in [-0.1, -0.05) is 17.7 Å². The third-order valence-electron chi connectivity index (χ3n) is 4.68. The quantitative estimate of drug-likeness (QED) is 0.296. The van der Waals surface area contributed by atoms with Gasteiger partial charge >= 0.3 is 0 Å². The van der Waals surface area contributed by atoms with Gasteiger partial charge in [-0.2, -0.15) is 9.97 Å². The number of H-pyrrole nitrogens is 1. The standard InChI is InChI=1S/C21H19ClF2N6O3S/c1-10-16(26-7-6-25-10)15-12(22)5-4-11-13(8-27-17(11)15)34-30-21-28-19(31-2)18(20(29-21)32-3)33-9-14(23)24/h4-8,14,27H,9H2,1-3H3,(H,28,29,30). The van der Waals surface area contributed by atoms with Crippen LogP contribution in [0.1, 0.15) is 5.69 Å². The van der Waals surface area contributed by atoms with Gasteiger partial charge in [-0.25, -0.2) is 8.78 Å². The average molecular weight is 509 g/mol. The SMILES string of the molecule is COc1nc(NSc2c[nH]c3c(-c4nccnc4C)c(Cl)ccc23)nc(OC)c1OCC(F)F. The van der Waals surface area contributed by atoms with E-state index in [1.807, 2.05) is 19.2 Å². The molecule has 3 aromatic heterocycles. The fraction of sp³-hybridized carbons (Fsp3) is 0.238. The number of methoxy groups -OCH3 is 2. The van der Waals surface area contributed by atoms with Gasteiger partial charge in [0.15, 0.2) is 0 Å². The van der Waals surface area contributed by atoms with Crippen molar-refractivity contribution in [3.63, 3.8) is 0 Å². The molecular formula is C21H19ClF2N6O3S. The van der Waals surface area contributed by atoms with Gasteiger partial charge in [0, 0.05) is 29.5 Å². The lowest BCUT2D eigenvalue weighted by molar-refractivity contribution is 0.0781. The first-order valence-corrected chi connectivity index (χ1v) is 11.0. The Morgan fingerprint density at radius 1 is 1.12 bits per heavy atom. The number of nitrogens with one attached hydrogen (secondary N) is 2. The number of aromatic amines is 1. The number of hydrogen-bond donors (Lipinski definition) is 2. The second-order valence-electron chi connectivity index (χ2n) is 6.79. The van der Waals surface area contributed by atoms with Crippen molar-refractivity contribution in [1.82, 2.24) is 24.9 Å².